The zero-order valence-corrected chi connectivity index (χ0v) is 18.2. The second kappa shape index (κ2) is 10.2. The summed E-state index contributed by atoms with van der Waals surface area (Å²) in [7, 11) is 3.34. The molecule has 1 aromatic heterocycles. The van der Waals surface area contributed by atoms with Crippen LogP contribution in [0, 0.1) is 0 Å². The molecule has 0 bridgehead atoms. The minimum absolute atomic E-state index is 0.0845. The third-order valence-corrected chi connectivity index (χ3v) is 5.12. The molecular formula is C21H27ClN4O4. The summed E-state index contributed by atoms with van der Waals surface area (Å²) in [5.41, 5.74) is 0.952. The number of guanidine groups is 1. The number of benzene rings is 1. The summed E-state index contributed by atoms with van der Waals surface area (Å²) in [6, 6.07) is 7.16. The average Bonchev–Trinajstić information content (AvgIpc) is 3.30. The van der Waals surface area contributed by atoms with Crippen LogP contribution in [-0.4, -0.2) is 68.6 Å². The van der Waals surface area contributed by atoms with Crippen LogP contribution in [-0.2, 0) is 6.54 Å². The Hall–Kier alpha value is -2.87. The van der Waals surface area contributed by atoms with Crippen molar-refractivity contribution in [1.82, 2.24) is 15.1 Å². The maximum absolute atomic E-state index is 12.4. The van der Waals surface area contributed by atoms with Gasteiger partial charge < -0.3 is 29.0 Å². The Bertz CT molecular complexity index is 877. The van der Waals surface area contributed by atoms with Gasteiger partial charge in [-0.15, -0.1) is 0 Å². The van der Waals surface area contributed by atoms with Crippen LogP contribution < -0.4 is 14.8 Å². The number of piperazine rings is 1. The molecule has 8 nitrogen and oxygen atoms in total. The van der Waals surface area contributed by atoms with Gasteiger partial charge in [0.25, 0.3) is 5.91 Å². The third-order valence-electron chi connectivity index (χ3n) is 4.84. The molecule has 3 rings (SSSR count). The number of aliphatic imine (C=N–C) groups is 1. The summed E-state index contributed by atoms with van der Waals surface area (Å²) in [6.07, 6.45) is 1.51. The van der Waals surface area contributed by atoms with Crippen molar-refractivity contribution in [3.63, 3.8) is 0 Å². The van der Waals surface area contributed by atoms with Gasteiger partial charge in [-0.05, 0) is 36.8 Å². The molecule has 1 fully saturated rings. The predicted molar refractivity (Wildman–Crippen MR) is 116 cm³/mol. The van der Waals surface area contributed by atoms with Crippen molar-refractivity contribution in [2.24, 2.45) is 4.99 Å². The summed E-state index contributed by atoms with van der Waals surface area (Å²) >= 11 is 6.36. The van der Waals surface area contributed by atoms with E-state index >= 15 is 0 Å². The molecule has 0 saturated carbocycles. The largest absolute Gasteiger partial charge is 0.493 e. The normalized spacial score (nSPS) is 14.6. The third kappa shape index (κ3) is 4.99. The van der Waals surface area contributed by atoms with Crippen molar-refractivity contribution in [2.75, 3.05) is 46.9 Å². The highest BCUT2D eigenvalue weighted by Crippen LogP contribution is 2.36. The molecule has 1 aliphatic rings. The number of amides is 1. The molecule has 0 aliphatic carbocycles. The highest BCUT2D eigenvalue weighted by atomic mass is 35.5. The Labute approximate surface area is 181 Å². The lowest BCUT2D eigenvalue weighted by Gasteiger charge is -2.36. The molecule has 9 heteroatoms. The van der Waals surface area contributed by atoms with Gasteiger partial charge in [0.2, 0.25) is 0 Å². The van der Waals surface area contributed by atoms with E-state index < -0.39 is 0 Å². The number of nitrogens with zero attached hydrogens (tertiary/aromatic N) is 3. The molecule has 162 valence electrons. The fourth-order valence-electron chi connectivity index (χ4n) is 3.35. The second-order valence-electron chi connectivity index (χ2n) is 6.70. The lowest BCUT2D eigenvalue weighted by molar-refractivity contribution is 0.0657. The first kappa shape index (κ1) is 21.8. The zero-order chi connectivity index (χ0) is 21.5. The van der Waals surface area contributed by atoms with Crippen LogP contribution in [0.3, 0.4) is 0 Å². The first-order chi connectivity index (χ1) is 14.6. The standard InChI is InChI=1S/C21H27ClN4O4/c1-4-29-19-16(22)12-15(13-18(19)28-3)14-24-21(23-2)26-9-7-25(8-10-26)20(27)17-6-5-11-30-17/h5-6,11-13H,4,7-10,14H2,1-3H3,(H,23,24). The van der Waals surface area contributed by atoms with Gasteiger partial charge in [-0.25, -0.2) is 0 Å². The number of hydrogen-bond acceptors (Lipinski definition) is 5. The van der Waals surface area contributed by atoms with Crippen LogP contribution in [0.2, 0.25) is 5.02 Å². The van der Waals surface area contributed by atoms with E-state index in [2.05, 4.69) is 15.2 Å². The topological polar surface area (TPSA) is 79.5 Å². The molecule has 2 aromatic rings. The molecule has 0 atom stereocenters. The number of furan rings is 1. The molecule has 1 aromatic carbocycles. The molecular weight excluding hydrogens is 408 g/mol. The maximum Gasteiger partial charge on any atom is 0.289 e. The molecule has 0 unspecified atom stereocenters. The lowest BCUT2D eigenvalue weighted by Crippen LogP contribution is -2.53. The molecule has 1 saturated heterocycles. The van der Waals surface area contributed by atoms with Crippen LogP contribution in [0.5, 0.6) is 11.5 Å². The molecule has 1 amide bonds. The Morgan fingerprint density at radius 2 is 2.00 bits per heavy atom. The Morgan fingerprint density at radius 1 is 1.27 bits per heavy atom. The summed E-state index contributed by atoms with van der Waals surface area (Å²) in [6.45, 7) is 5.50. The van der Waals surface area contributed by atoms with Crippen LogP contribution >= 0.6 is 11.6 Å². The van der Waals surface area contributed by atoms with Gasteiger partial charge >= 0.3 is 0 Å². The minimum Gasteiger partial charge on any atom is -0.493 e. The maximum atomic E-state index is 12.4. The quantitative estimate of drug-likeness (QED) is 0.556. The summed E-state index contributed by atoms with van der Waals surface area (Å²) in [5.74, 6) is 2.20. The Kier molecular flexibility index (Phi) is 7.46. The smallest absolute Gasteiger partial charge is 0.289 e. The predicted octanol–water partition coefficient (Wildman–Crippen LogP) is 2.87. The first-order valence-corrected chi connectivity index (χ1v) is 10.2. The molecule has 2 heterocycles. The first-order valence-electron chi connectivity index (χ1n) is 9.85. The van der Waals surface area contributed by atoms with Gasteiger partial charge in [-0.1, -0.05) is 11.6 Å². The van der Waals surface area contributed by atoms with Gasteiger partial charge in [0, 0.05) is 39.8 Å². The number of methoxy groups -OCH3 is 1. The van der Waals surface area contributed by atoms with Crippen molar-refractivity contribution >= 4 is 23.5 Å². The summed E-state index contributed by atoms with van der Waals surface area (Å²) < 4.78 is 16.2. The van der Waals surface area contributed by atoms with Crippen molar-refractivity contribution in [2.45, 2.75) is 13.5 Å². The van der Waals surface area contributed by atoms with Crippen molar-refractivity contribution in [3.05, 3.63) is 46.9 Å². The van der Waals surface area contributed by atoms with Crippen LogP contribution in [0.1, 0.15) is 23.0 Å². The molecule has 1 N–H and O–H groups in total. The summed E-state index contributed by atoms with van der Waals surface area (Å²) in [4.78, 5) is 20.7. The number of halogens is 1. The lowest BCUT2D eigenvalue weighted by atomic mass is 10.2. The van der Waals surface area contributed by atoms with Gasteiger partial charge in [-0.3, -0.25) is 9.79 Å². The van der Waals surface area contributed by atoms with E-state index in [1.807, 2.05) is 19.1 Å². The minimum atomic E-state index is -0.0845. The Morgan fingerprint density at radius 3 is 2.60 bits per heavy atom. The number of nitrogens with one attached hydrogen (secondary N) is 1. The monoisotopic (exact) mass is 434 g/mol. The van der Waals surface area contributed by atoms with E-state index in [4.69, 9.17) is 25.5 Å². The van der Waals surface area contributed by atoms with E-state index in [0.717, 1.165) is 11.5 Å². The fraction of sp³-hybridized carbons (Fsp3) is 0.429. The number of carbonyl (C=O) groups is 1. The summed E-state index contributed by atoms with van der Waals surface area (Å²) in [5, 5.41) is 3.86. The molecule has 0 spiro atoms. The van der Waals surface area contributed by atoms with E-state index in [9.17, 15) is 4.79 Å². The van der Waals surface area contributed by atoms with Crippen molar-refractivity contribution in [3.8, 4) is 11.5 Å². The van der Waals surface area contributed by atoms with Gasteiger partial charge in [-0.2, -0.15) is 0 Å². The van der Waals surface area contributed by atoms with E-state index in [-0.39, 0.29) is 5.91 Å². The molecule has 0 radical (unpaired) electrons. The van der Waals surface area contributed by atoms with Crippen LogP contribution in [0.25, 0.3) is 0 Å². The highest BCUT2D eigenvalue weighted by Gasteiger charge is 2.25. The van der Waals surface area contributed by atoms with Crippen molar-refractivity contribution in [1.29, 1.82) is 0 Å². The van der Waals surface area contributed by atoms with Gasteiger partial charge in [0.05, 0.1) is 25.0 Å². The van der Waals surface area contributed by atoms with E-state index in [0.29, 0.717) is 61.6 Å². The molecule has 1 aliphatic heterocycles. The van der Waals surface area contributed by atoms with Crippen molar-refractivity contribution < 1.29 is 18.7 Å². The number of carbonyl (C=O) groups excluding carboxylic acids is 1. The van der Waals surface area contributed by atoms with Crippen LogP contribution in [0.15, 0.2) is 39.9 Å². The fourth-order valence-corrected chi connectivity index (χ4v) is 3.64. The van der Waals surface area contributed by atoms with Gasteiger partial charge in [0.15, 0.2) is 23.2 Å². The number of ether oxygens (including phenoxy) is 2. The number of hydrogen-bond donors (Lipinski definition) is 1. The Balaban J connectivity index is 1.58. The molecule has 30 heavy (non-hydrogen) atoms. The van der Waals surface area contributed by atoms with E-state index in [1.54, 1.807) is 31.2 Å². The second-order valence-corrected chi connectivity index (χ2v) is 7.11. The van der Waals surface area contributed by atoms with Gasteiger partial charge in [0.1, 0.15) is 0 Å². The average molecular weight is 435 g/mol. The highest BCUT2D eigenvalue weighted by molar-refractivity contribution is 6.32. The van der Waals surface area contributed by atoms with E-state index in [1.165, 1.54) is 6.26 Å². The van der Waals surface area contributed by atoms with Crippen LogP contribution in [0.4, 0.5) is 0 Å². The zero-order valence-electron chi connectivity index (χ0n) is 17.5. The number of rotatable bonds is 6. The SMILES string of the molecule is CCOc1c(Cl)cc(CNC(=NC)N2CCN(C(=O)c3ccco3)CC2)cc1OC.